The van der Waals surface area contributed by atoms with E-state index in [1.807, 2.05) is 30.3 Å². The molecule has 0 saturated carbocycles. The van der Waals surface area contributed by atoms with Crippen LogP contribution in [-0.4, -0.2) is 15.8 Å². The maximum Gasteiger partial charge on any atom is 0.270 e. The minimum atomic E-state index is -0.575. The number of non-ortho nitro benzene ring substituents is 1. The second-order valence-electron chi connectivity index (χ2n) is 5.17. The van der Waals surface area contributed by atoms with Crippen molar-refractivity contribution in [2.24, 2.45) is 0 Å². The summed E-state index contributed by atoms with van der Waals surface area (Å²) >= 11 is 5.98. The van der Waals surface area contributed by atoms with Crippen molar-refractivity contribution in [1.82, 2.24) is 4.98 Å². The zero-order valence-electron chi connectivity index (χ0n) is 12.8. The van der Waals surface area contributed by atoms with Gasteiger partial charge in [-0.2, -0.15) is 0 Å². The van der Waals surface area contributed by atoms with Crippen LogP contribution >= 0.6 is 11.6 Å². The van der Waals surface area contributed by atoms with Crippen molar-refractivity contribution in [1.29, 1.82) is 0 Å². The highest BCUT2D eigenvalue weighted by Crippen LogP contribution is 2.24. The van der Waals surface area contributed by atoms with Gasteiger partial charge in [-0.15, -0.1) is 0 Å². The standard InChI is InChI=1S/C18H12ClN3O3/c19-16-9-8-14(22(24)25)11-15(16)18(23)21-13-6-4-12(5-7-13)17-3-1-2-10-20-17/h1-11H,(H,21,23). The van der Waals surface area contributed by atoms with Crippen LogP contribution in [-0.2, 0) is 0 Å². The van der Waals surface area contributed by atoms with Gasteiger partial charge in [-0.1, -0.05) is 29.8 Å². The SMILES string of the molecule is O=C(Nc1ccc(-c2ccccn2)cc1)c1cc([N+](=O)[O-])ccc1Cl. The third-order valence-corrected chi connectivity index (χ3v) is 3.84. The molecule has 124 valence electrons. The zero-order chi connectivity index (χ0) is 17.8. The average molecular weight is 354 g/mol. The Labute approximate surface area is 148 Å². The summed E-state index contributed by atoms with van der Waals surface area (Å²) in [5.41, 5.74) is 2.13. The maximum atomic E-state index is 12.3. The van der Waals surface area contributed by atoms with E-state index in [2.05, 4.69) is 10.3 Å². The van der Waals surface area contributed by atoms with Gasteiger partial charge in [0.2, 0.25) is 0 Å². The number of nitro groups is 1. The number of hydrogen-bond donors (Lipinski definition) is 1. The Bertz CT molecular complexity index is 928. The maximum absolute atomic E-state index is 12.3. The van der Waals surface area contributed by atoms with Gasteiger partial charge in [-0.3, -0.25) is 19.9 Å². The quantitative estimate of drug-likeness (QED) is 0.550. The Hall–Kier alpha value is -3.25. The topological polar surface area (TPSA) is 85.1 Å². The third kappa shape index (κ3) is 3.81. The van der Waals surface area contributed by atoms with Crippen LogP contribution in [0.15, 0.2) is 66.9 Å². The van der Waals surface area contributed by atoms with E-state index in [4.69, 9.17) is 11.6 Å². The van der Waals surface area contributed by atoms with Crippen LogP contribution in [0.25, 0.3) is 11.3 Å². The zero-order valence-corrected chi connectivity index (χ0v) is 13.6. The Morgan fingerprint density at radius 3 is 2.48 bits per heavy atom. The monoisotopic (exact) mass is 353 g/mol. The van der Waals surface area contributed by atoms with E-state index in [0.29, 0.717) is 5.69 Å². The first-order valence-electron chi connectivity index (χ1n) is 7.31. The summed E-state index contributed by atoms with van der Waals surface area (Å²) in [6.45, 7) is 0. The fraction of sp³-hybridized carbons (Fsp3) is 0. The Morgan fingerprint density at radius 1 is 1.08 bits per heavy atom. The molecule has 0 fully saturated rings. The van der Waals surface area contributed by atoms with Crippen molar-refractivity contribution in [3.8, 4) is 11.3 Å². The number of benzene rings is 2. The molecule has 0 aliphatic heterocycles. The molecule has 3 aromatic rings. The van der Waals surface area contributed by atoms with Gasteiger partial charge in [-0.25, -0.2) is 0 Å². The predicted molar refractivity (Wildman–Crippen MR) is 95.7 cm³/mol. The molecular weight excluding hydrogens is 342 g/mol. The molecule has 1 heterocycles. The molecule has 0 aliphatic rings. The molecule has 0 aliphatic carbocycles. The summed E-state index contributed by atoms with van der Waals surface area (Å²) in [5.74, 6) is -0.515. The van der Waals surface area contributed by atoms with E-state index in [-0.39, 0.29) is 16.3 Å². The molecular formula is C18H12ClN3O3. The highest BCUT2D eigenvalue weighted by molar-refractivity contribution is 6.34. The lowest BCUT2D eigenvalue weighted by molar-refractivity contribution is -0.384. The summed E-state index contributed by atoms with van der Waals surface area (Å²) < 4.78 is 0. The van der Waals surface area contributed by atoms with Crippen LogP contribution in [0.5, 0.6) is 0 Å². The summed E-state index contributed by atoms with van der Waals surface area (Å²) in [6.07, 6.45) is 1.70. The van der Waals surface area contributed by atoms with Gasteiger partial charge in [0.15, 0.2) is 0 Å². The van der Waals surface area contributed by atoms with Crippen LogP contribution in [0.4, 0.5) is 11.4 Å². The Kier molecular flexibility index (Phi) is 4.72. The second kappa shape index (κ2) is 7.11. The van der Waals surface area contributed by atoms with Gasteiger partial charge < -0.3 is 5.32 Å². The van der Waals surface area contributed by atoms with E-state index < -0.39 is 10.8 Å². The van der Waals surface area contributed by atoms with Crippen LogP contribution in [0.3, 0.4) is 0 Å². The number of hydrogen-bond acceptors (Lipinski definition) is 4. The van der Waals surface area contributed by atoms with Crippen molar-refractivity contribution in [3.05, 3.63) is 87.6 Å². The fourth-order valence-corrected chi connectivity index (χ4v) is 2.46. The summed E-state index contributed by atoms with van der Waals surface area (Å²) in [7, 11) is 0. The molecule has 0 spiro atoms. The van der Waals surface area contributed by atoms with Gasteiger partial charge in [0, 0.05) is 29.6 Å². The number of nitro benzene ring substituents is 1. The van der Waals surface area contributed by atoms with Crippen molar-refractivity contribution >= 4 is 28.9 Å². The normalized spacial score (nSPS) is 10.3. The summed E-state index contributed by atoms with van der Waals surface area (Å²) in [4.78, 5) is 26.9. The number of carbonyl (C=O) groups is 1. The number of rotatable bonds is 4. The molecule has 7 heteroatoms. The van der Waals surface area contributed by atoms with E-state index in [1.54, 1.807) is 18.3 Å². The number of nitrogens with one attached hydrogen (secondary N) is 1. The van der Waals surface area contributed by atoms with E-state index in [9.17, 15) is 14.9 Å². The molecule has 1 amide bonds. The van der Waals surface area contributed by atoms with Crippen LogP contribution in [0.1, 0.15) is 10.4 Å². The van der Waals surface area contributed by atoms with Gasteiger partial charge in [0.1, 0.15) is 0 Å². The number of halogens is 1. The first kappa shape index (κ1) is 16.6. The Morgan fingerprint density at radius 2 is 1.84 bits per heavy atom. The summed E-state index contributed by atoms with van der Waals surface area (Å²) in [5, 5.41) is 13.7. The molecule has 0 radical (unpaired) electrons. The third-order valence-electron chi connectivity index (χ3n) is 3.51. The van der Waals surface area contributed by atoms with Gasteiger partial charge in [0.05, 0.1) is 21.2 Å². The number of nitrogens with zero attached hydrogens (tertiary/aromatic N) is 2. The molecule has 0 bridgehead atoms. The predicted octanol–water partition coefficient (Wildman–Crippen LogP) is 4.56. The first-order chi connectivity index (χ1) is 12.0. The lowest BCUT2D eigenvalue weighted by Gasteiger charge is -2.08. The number of amides is 1. The first-order valence-corrected chi connectivity index (χ1v) is 7.69. The second-order valence-corrected chi connectivity index (χ2v) is 5.57. The van der Waals surface area contributed by atoms with E-state index in [0.717, 1.165) is 17.3 Å². The summed E-state index contributed by atoms with van der Waals surface area (Å²) in [6, 6.07) is 16.5. The van der Waals surface area contributed by atoms with Gasteiger partial charge in [0.25, 0.3) is 11.6 Å². The van der Waals surface area contributed by atoms with Crippen molar-refractivity contribution in [2.75, 3.05) is 5.32 Å². The lowest BCUT2D eigenvalue weighted by Crippen LogP contribution is -2.12. The number of anilines is 1. The van der Waals surface area contributed by atoms with Crippen LogP contribution in [0, 0.1) is 10.1 Å². The molecule has 0 saturated heterocycles. The highest BCUT2D eigenvalue weighted by Gasteiger charge is 2.16. The highest BCUT2D eigenvalue weighted by atomic mass is 35.5. The van der Waals surface area contributed by atoms with E-state index in [1.165, 1.54) is 12.1 Å². The molecule has 1 N–H and O–H groups in total. The number of carbonyl (C=O) groups excluding carboxylic acids is 1. The number of aromatic nitrogens is 1. The largest absolute Gasteiger partial charge is 0.322 e. The lowest BCUT2D eigenvalue weighted by atomic mass is 10.1. The molecule has 1 aromatic heterocycles. The minimum absolute atomic E-state index is 0.0460. The molecule has 0 unspecified atom stereocenters. The van der Waals surface area contributed by atoms with Crippen LogP contribution < -0.4 is 5.32 Å². The number of pyridine rings is 1. The smallest absolute Gasteiger partial charge is 0.270 e. The van der Waals surface area contributed by atoms with Gasteiger partial charge >= 0.3 is 0 Å². The van der Waals surface area contributed by atoms with Crippen molar-refractivity contribution in [2.45, 2.75) is 0 Å². The molecule has 25 heavy (non-hydrogen) atoms. The molecule has 6 nitrogen and oxygen atoms in total. The molecule has 0 atom stereocenters. The van der Waals surface area contributed by atoms with Crippen molar-refractivity contribution in [3.63, 3.8) is 0 Å². The van der Waals surface area contributed by atoms with E-state index >= 15 is 0 Å². The average Bonchev–Trinajstić information content (AvgIpc) is 2.63. The minimum Gasteiger partial charge on any atom is -0.322 e. The molecule has 3 rings (SSSR count). The van der Waals surface area contributed by atoms with Gasteiger partial charge in [-0.05, 0) is 30.3 Å². The fourth-order valence-electron chi connectivity index (χ4n) is 2.26. The Balaban J connectivity index is 1.80. The van der Waals surface area contributed by atoms with Crippen molar-refractivity contribution < 1.29 is 9.72 Å². The molecule has 2 aromatic carbocycles. The van der Waals surface area contributed by atoms with Crippen LogP contribution in [0.2, 0.25) is 5.02 Å².